The van der Waals surface area contributed by atoms with Crippen LogP contribution in [0.15, 0.2) is 36.4 Å². The van der Waals surface area contributed by atoms with Crippen LogP contribution in [0.3, 0.4) is 0 Å². The number of carbonyl (C=O) groups excluding carboxylic acids is 2. The van der Waals surface area contributed by atoms with E-state index < -0.39 is 5.97 Å². The van der Waals surface area contributed by atoms with Crippen molar-refractivity contribution in [2.75, 3.05) is 6.61 Å². The Kier molecular flexibility index (Phi) is 6.55. The topological polar surface area (TPSA) is 55.4 Å². The maximum atomic E-state index is 12.1. The number of esters is 1. The van der Waals surface area contributed by atoms with E-state index in [9.17, 15) is 9.59 Å². The molecule has 1 aromatic heterocycles. The Balaban J connectivity index is 1.91. The molecule has 1 aromatic carbocycles. The number of benzene rings is 1. The highest BCUT2D eigenvalue weighted by Crippen LogP contribution is 2.21. The predicted molar refractivity (Wildman–Crippen MR) is 96.3 cm³/mol. The summed E-state index contributed by atoms with van der Waals surface area (Å²) < 4.78 is 5.15. The van der Waals surface area contributed by atoms with E-state index in [1.54, 1.807) is 17.4 Å². The van der Waals surface area contributed by atoms with Gasteiger partial charge in [0.05, 0.1) is 11.6 Å². The number of ether oxygens (including phenoxy) is 1. The number of aryl methyl sites for hydroxylation is 2. The molecule has 4 nitrogen and oxygen atoms in total. The van der Waals surface area contributed by atoms with E-state index in [2.05, 4.69) is 12.2 Å². The average molecular weight is 345 g/mol. The van der Waals surface area contributed by atoms with E-state index in [4.69, 9.17) is 4.74 Å². The largest absolute Gasteiger partial charge is 0.452 e. The lowest BCUT2D eigenvalue weighted by molar-refractivity contribution is -0.125. The molecule has 24 heavy (non-hydrogen) atoms. The number of hydrogen-bond acceptors (Lipinski definition) is 4. The zero-order chi connectivity index (χ0) is 17.5. The number of thiophene rings is 1. The summed E-state index contributed by atoms with van der Waals surface area (Å²) in [6.07, 6.45) is 1.79. The Hall–Kier alpha value is -2.14. The van der Waals surface area contributed by atoms with Gasteiger partial charge in [0.15, 0.2) is 6.61 Å². The van der Waals surface area contributed by atoms with Gasteiger partial charge in [0.25, 0.3) is 5.91 Å². The summed E-state index contributed by atoms with van der Waals surface area (Å²) in [6.45, 7) is 5.63. The molecule has 2 rings (SSSR count). The van der Waals surface area contributed by atoms with Gasteiger partial charge >= 0.3 is 5.97 Å². The third-order valence-electron chi connectivity index (χ3n) is 3.71. The molecule has 0 aliphatic heterocycles. The molecule has 0 saturated carbocycles. The molecule has 128 valence electrons. The Morgan fingerprint density at radius 1 is 1.21 bits per heavy atom. The fraction of sp³-hybridized carbons (Fsp3) is 0.368. The first-order valence-corrected chi connectivity index (χ1v) is 8.91. The van der Waals surface area contributed by atoms with Crippen LogP contribution >= 0.6 is 11.3 Å². The lowest BCUT2D eigenvalue weighted by Crippen LogP contribution is -2.32. The molecule has 0 spiro atoms. The lowest BCUT2D eigenvalue weighted by Gasteiger charge is -2.18. The first-order valence-electron chi connectivity index (χ1n) is 8.09. The minimum atomic E-state index is -0.446. The first kappa shape index (κ1) is 18.2. The van der Waals surface area contributed by atoms with Crippen molar-refractivity contribution in [3.63, 3.8) is 0 Å². The highest BCUT2D eigenvalue weighted by atomic mass is 32.1. The van der Waals surface area contributed by atoms with E-state index in [1.807, 2.05) is 44.2 Å². The van der Waals surface area contributed by atoms with Crippen molar-refractivity contribution in [3.8, 4) is 0 Å². The van der Waals surface area contributed by atoms with Gasteiger partial charge in [-0.2, -0.15) is 0 Å². The molecule has 5 heteroatoms. The van der Waals surface area contributed by atoms with Crippen LogP contribution in [0.4, 0.5) is 0 Å². The van der Waals surface area contributed by atoms with Crippen LogP contribution in [0.5, 0.6) is 0 Å². The average Bonchev–Trinajstić information content (AvgIpc) is 2.91. The van der Waals surface area contributed by atoms with Crippen LogP contribution in [0, 0.1) is 13.8 Å². The smallest absolute Gasteiger partial charge is 0.339 e. The molecule has 1 atom stereocenters. The molecular formula is C19H23NO3S. The lowest BCUT2D eigenvalue weighted by atomic mass is 10.0. The van der Waals surface area contributed by atoms with E-state index in [1.165, 1.54) is 0 Å². The van der Waals surface area contributed by atoms with Crippen molar-refractivity contribution in [2.45, 2.75) is 39.7 Å². The molecular weight excluding hydrogens is 322 g/mol. The van der Waals surface area contributed by atoms with Gasteiger partial charge in [0.1, 0.15) is 0 Å². The van der Waals surface area contributed by atoms with Crippen molar-refractivity contribution < 1.29 is 14.3 Å². The van der Waals surface area contributed by atoms with Crippen LogP contribution in [-0.2, 0) is 9.53 Å². The minimum absolute atomic E-state index is 0.0625. The highest BCUT2D eigenvalue weighted by Gasteiger charge is 2.17. The third-order valence-corrected chi connectivity index (χ3v) is 4.68. The number of amides is 1. The standard InChI is InChI=1S/C19H23NO3S/c1-4-8-17(15-9-6-5-7-10-15)20-18(21)12-23-19(22)16-11-13(2)24-14(16)3/h5-7,9-11,17H,4,8,12H2,1-3H3,(H,20,21)/t17-/m0/s1. The van der Waals surface area contributed by atoms with Crippen LogP contribution < -0.4 is 5.32 Å². The van der Waals surface area contributed by atoms with Crippen molar-refractivity contribution in [3.05, 3.63) is 57.3 Å². The van der Waals surface area contributed by atoms with Crippen molar-refractivity contribution >= 4 is 23.2 Å². The summed E-state index contributed by atoms with van der Waals surface area (Å²) in [5.74, 6) is -0.728. The summed E-state index contributed by atoms with van der Waals surface area (Å²) in [5, 5.41) is 2.95. The maximum absolute atomic E-state index is 12.1. The number of hydrogen-bond donors (Lipinski definition) is 1. The van der Waals surface area contributed by atoms with E-state index in [-0.39, 0.29) is 18.6 Å². The Morgan fingerprint density at radius 3 is 2.50 bits per heavy atom. The van der Waals surface area contributed by atoms with Gasteiger partial charge in [-0.25, -0.2) is 4.79 Å². The molecule has 2 aromatic rings. The fourth-order valence-corrected chi connectivity index (χ4v) is 3.49. The molecule has 0 aliphatic rings. The molecule has 0 radical (unpaired) electrons. The van der Waals surface area contributed by atoms with Crippen LogP contribution in [0.25, 0.3) is 0 Å². The van der Waals surface area contributed by atoms with Gasteiger partial charge in [-0.15, -0.1) is 11.3 Å². The molecule has 1 heterocycles. The van der Waals surface area contributed by atoms with Crippen LogP contribution in [0.1, 0.15) is 51.5 Å². The Labute approximate surface area is 146 Å². The second-order valence-corrected chi connectivity index (χ2v) is 7.18. The molecule has 0 unspecified atom stereocenters. The monoisotopic (exact) mass is 345 g/mol. The van der Waals surface area contributed by atoms with Gasteiger partial charge in [0, 0.05) is 9.75 Å². The van der Waals surface area contributed by atoms with Gasteiger partial charge in [-0.05, 0) is 31.9 Å². The quantitative estimate of drug-likeness (QED) is 0.766. The van der Waals surface area contributed by atoms with Crippen LogP contribution in [0.2, 0.25) is 0 Å². The Morgan fingerprint density at radius 2 is 1.92 bits per heavy atom. The predicted octanol–water partition coefficient (Wildman–Crippen LogP) is 4.18. The molecule has 0 fully saturated rings. The Bertz CT molecular complexity index is 694. The fourth-order valence-electron chi connectivity index (χ4n) is 2.57. The second-order valence-electron chi connectivity index (χ2n) is 5.72. The zero-order valence-electron chi connectivity index (χ0n) is 14.3. The number of rotatable bonds is 7. The summed E-state index contributed by atoms with van der Waals surface area (Å²) in [7, 11) is 0. The molecule has 0 aliphatic carbocycles. The van der Waals surface area contributed by atoms with Crippen molar-refractivity contribution in [2.24, 2.45) is 0 Å². The van der Waals surface area contributed by atoms with Gasteiger partial charge < -0.3 is 10.1 Å². The molecule has 0 saturated heterocycles. The van der Waals surface area contributed by atoms with E-state index >= 15 is 0 Å². The van der Waals surface area contributed by atoms with Crippen LogP contribution in [-0.4, -0.2) is 18.5 Å². The van der Waals surface area contributed by atoms with E-state index in [0.29, 0.717) is 5.56 Å². The highest BCUT2D eigenvalue weighted by molar-refractivity contribution is 7.12. The maximum Gasteiger partial charge on any atom is 0.339 e. The second kappa shape index (κ2) is 8.64. The number of nitrogens with one attached hydrogen (secondary N) is 1. The summed E-state index contributed by atoms with van der Waals surface area (Å²) in [5.41, 5.74) is 1.60. The SMILES string of the molecule is CCC[C@H](NC(=O)COC(=O)c1cc(C)sc1C)c1ccccc1. The molecule has 1 N–H and O–H groups in total. The zero-order valence-corrected chi connectivity index (χ0v) is 15.1. The number of carbonyl (C=O) groups is 2. The van der Waals surface area contributed by atoms with Crippen molar-refractivity contribution in [1.82, 2.24) is 5.32 Å². The van der Waals surface area contributed by atoms with Gasteiger partial charge in [-0.3, -0.25) is 4.79 Å². The van der Waals surface area contributed by atoms with Crippen molar-refractivity contribution in [1.29, 1.82) is 0 Å². The minimum Gasteiger partial charge on any atom is -0.452 e. The molecule has 0 bridgehead atoms. The summed E-state index contributed by atoms with van der Waals surface area (Å²) in [4.78, 5) is 26.2. The summed E-state index contributed by atoms with van der Waals surface area (Å²) in [6, 6.07) is 11.6. The summed E-state index contributed by atoms with van der Waals surface area (Å²) >= 11 is 1.54. The molecule has 1 amide bonds. The van der Waals surface area contributed by atoms with Gasteiger partial charge in [-0.1, -0.05) is 43.7 Å². The van der Waals surface area contributed by atoms with Gasteiger partial charge in [0.2, 0.25) is 0 Å². The normalized spacial score (nSPS) is 11.8. The van der Waals surface area contributed by atoms with E-state index in [0.717, 1.165) is 28.2 Å². The third kappa shape index (κ3) is 4.93. The first-order chi connectivity index (χ1) is 11.5.